The molecule has 1 amide bonds. The van der Waals surface area contributed by atoms with Crippen molar-refractivity contribution in [2.24, 2.45) is 5.73 Å². The average molecular weight is 304 g/mol. The number of benzene rings is 2. The van der Waals surface area contributed by atoms with E-state index in [-0.39, 0.29) is 17.8 Å². The van der Waals surface area contributed by atoms with E-state index >= 15 is 0 Å². The van der Waals surface area contributed by atoms with E-state index in [0.717, 1.165) is 15.5 Å². The van der Waals surface area contributed by atoms with Gasteiger partial charge in [0.25, 0.3) is 0 Å². The summed E-state index contributed by atoms with van der Waals surface area (Å²) in [4.78, 5) is 12.7. The van der Waals surface area contributed by atoms with E-state index in [1.165, 1.54) is 24.8 Å². The summed E-state index contributed by atoms with van der Waals surface area (Å²) in [5, 5.41) is 2.71. The minimum Gasteiger partial charge on any atom is -0.326 e. The smallest absolute Gasteiger partial charge is 0.221 e. The highest BCUT2D eigenvalue weighted by atomic mass is 32.2. The van der Waals surface area contributed by atoms with Crippen molar-refractivity contribution in [3.63, 3.8) is 0 Å². The van der Waals surface area contributed by atoms with Crippen LogP contribution in [0.15, 0.2) is 52.3 Å². The lowest BCUT2D eigenvalue weighted by atomic mass is 10.1. The number of nitrogens with one attached hydrogen (secondary N) is 1. The first-order chi connectivity index (χ1) is 9.97. The van der Waals surface area contributed by atoms with Gasteiger partial charge in [0.2, 0.25) is 5.91 Å². The van der Waals surface area contributed by atoms with E-state index in [2.05, 4.69) is 5.32 Å². The van der Waals surface area contributed by atoms with Crippen molar-refractivity contribution in [2.45, 2.75) is 29.7 Å². The molecule has 3 nitrogen and oxygen atoms in total. The molecular formula is C16H17FN2OS. The van der Waals surface area contributed by atoms with E-state index in [1.54, 1.807) is 13.0 Å². The number of hydrogen-bond acceptors (Lipinski definition) is 3. The van der Waals surface area contributed by atoms with Crippen molar-refractivity contribution < 1.29 is 9.18 Å². The normalized spacial score (nSPS) is 12.0. The maximum absolute atomic E-state index is 13.9. The standard InChI is InChI=1S/C16H17FN2OS/c1-10(18)16-14(17)4-3-5-15(16)21-13-8-6-12(7-9-13)19-11(2)20/h3-10H,18H2,1-2H3,(H,19,20). The van der Waals surface area contributed by atoms with Gasteiger partial charge in [-0.25, -0.2) is 4.39 Å². The zero-order valence-electron chi connectivity index (χ0n) is 11.9. The van der Waals surface area contributed by atoms with Crippen LogP contribution in [0.1, 0.15) is 25.5 Å². The van der Waals surface area contributed by atoms with Crippen LogP contribution in [0.5, 0.6) is 0 Å². The zero-order valence-corrected chi connectivity index (χ0v) is 12.7. The Morgan fingerprint density at radius 3 is 2.48 bits per heavy atom. The molecule has 1 atom stereocenters. The molecule has 0 spiro atoms. The summed E-state index contributed by atoms with van der Waals surface area (Å²) in [6.45, 7) is 3.23. The number of carbonyl (C=O) groups excluding carboxylic acids is 1. The maximum Gasteiger partial charge on any atom is 0.221 e. The van der Waals surface area contributed by atoms with Gasteiger partial charge in [0.05, 0.1) is 0 Å². The number of rotatable bonds is 4. The van der Waals surface area contributed by atoms with Crippen LogP contribution in [-0.4, -0.2) is 5.91 Å². The topological polar surface area (TPSA) is 55.1 Å². The number of anilines is 1. The Balaban J connectivity index is 2.22. The molecule has 0 aliphatic rings. The minimum absolute atomic E-state index is 0.111. The molecule has 0 aromatic heterocycles. The number of nitrogens with two attached hydrogens (primary N) is 1. The zero-order chi connectivity index (χ0) is 15.4. The van der Waals surface area contributed by atoms with Crippen LogP contribution in [0.25, 0.3) is 0 Å². The van der Waals surface area contributed by atoms with Crippen molar-refractivity contribution >= 4 is 23.4 Å². The van der Waals surface area contributed by atoms with Crippen molar-refractivity contribution in [2.75, 3.05) is 5.32 Å². The first-order valence-electron chi connectivity index (χ1n) is 6.57. The molecule has 21 heavy (non-hydrogen) atoms. The van der Waals surface area contributed by atoms with E-state index in [1.807, 2.05) is 30.3 Å². The van der Waals surface area contributed by atoms with Gasteiger partial charge in [0.15, 0.2) is 0 Å². The van der Waals surface area contributed by atoms with Crippen molar-refractivity contribution in [3.05, 3.63) is 53.8 Å². The molecule has 0 bridgehead atoms. The molecule has 1 unspecified atom stereocenters. The molecule has 0 aliphatic heterocycles. The predicted molar refractivity (Wildman–Crippen MR) is 83.9 cm³/mol. The Labute approximate surface area is 127 Å². The summed E-state index contributed by atoms with van der Waals surface area (Å²) >= 11 is 1.45. The van der Waals surface area contributed by atoms with E-state index in [9.17, 15) is 9.18 Å². The molecular weight excluding hydrogens is 287 g/mol. The second kappa shape index (κ2) is 6.74. The molecule has 0 fully saturated rings. The molecule has 0 aliphatic carbocycles. The molecule has 2 aromatic rings. The molecule has 2 rings (SSSR count). The van der Waals surface area contributed by atoms with Crippen LogP contribution in [0.2, 0.25) is 0 Å². The molecule has 110 valence electrons. The predicted octanol–water partition coefficient (Wildman–Crippen LogP) is 3.96. The molecule has 3 N–H and O–H groups in total. The lowest BCUT2D eigenvalue weighted by Gasteiger charge is -2.13. The Morgan fingerprint density at radius 2 is 1.90 bits per heavy atom. The fourth-order valence-corrected chi connectivity index (χ4v) is 3.05. The first kappa shape index (κ1) is 15.5. The second-order valence-electron chi connectivity index (χ2n) is 4.75. The van der Waals surface area contributed by atoms with Gasteiger partial charge < -0.3 is 11.1 Å². The van der Waals surface area contributed by atoms with Crippen LogP contribution in [0.3, 0.4) is 0 Å². The van der Waals surface area contributed by atoms with Crippen molar-refractivity contribution in [3.8, 4) is 0 Å². The second-order valence-corrected chi connectivity index (χ2v) is 5.86. The largest absolute Gasteiger partial charge is 0.326 e. The van der Waals surface area contributed by atoms with E-state index < -0.39 is 0 Å². The molecule has 0 heterocycles. The van der Waals surface area contributed by atoms with E-state index in [0.29, 0.717) is 5.56 Å². The quantitative estimate of drug-likeness (QED) is 0.899. The number of hydrogen-bond donors (Lipinski definition) is 2. The lowest BCUT2D eigenvalue weighted by Crippen LogP contribution is -2.09. The third kappa shape index (κ3) is 4.06. The highest BCUT2D eigenvalue weighted by Crippen LogP contribution is 2.34. The third-order valence-electron chi connectivity index (χ3n) is 2.87. The van der Waals surface area contributed by atoms with Crippen LogP contribution in [0.4, 0.5) is 10.1 Å². The highest BCUT2D eigenvalue weighted by molar-refractivity contribution is 7.99. The van der Waals surface area contributed by atoms with Gasteiger partial charge in [-0.2, -0.15) is 0 Å². The van der Waals surface area contributed by atoms with Crippen LogP contribution >= 0.6 is 11.8 Å². The Kier molecular flexibility index (Phi) is 4.98. The summed E-state index contributed by atoms with van der Waals surface area (Å²) in [7, 11) is 0. The van der Waals surface area contributed by atoms with Gasteiger partial charge >= 0.3 is 0 Å². The van der Waals surface area contributed by atoms with Crippen LogP contribution in [0, 0.1) is 5.82 Å². The van der Waals surface area contributed by atoms with Crippen molar-refractivity contribution in [1.29, 1.82) is 0 Å². The van der Waals surface area contributed by atoms with Crippen molar-refractivity contribution in [1.82, 2.24) is 0 Å². The molecule has 2 aromatic carbocycles. The minimum atomic E-state index is -0.368. The average Bonchev–Trinajstić information content (AvgIpc) is 2.40. The highest BCUT2D eigenvalue weighted by Gasteiger charge is 2.13. The SMILES string of the molecule is CC(=O)Nc1ccc(Sc2cccc(F)c2C(C)N)cc1. The fourth-order valence-electron chi connectivity index (χ4n) is 1.98. The third-order valence-corrected chi connectivity index (χ3v) is 3.95. The summed E-state index contributed by atoms with van der Waals surface area (Å²) in [6, 6.07) is 12.0. The number of amides is 1. The first-order valence-corrected chi connectivity index (χ1v) is 7.38. The Hall–Kier alpha value is -1.85. The van der Waals surface area contributed by atoms with Gasteiger partial charge in [-0.1, -0.05) is 17.8 Å². The van der Waals surface area contributed by atoms with Gasteiger partial charge in [-0.3, -0.25) is 4.79 Å². The molecule has 0 radical (unpaired) electrons. The van der Waals surface area contributed by atoms with Gasteiger partial charge in [-0.15, -0.1) is 0 Å². The van der Waals surface area contributed by atoms with Crippen LogP contribution in [-0.2, 0) is 4.79 Å². The van der Waals surface area contributed by atoms with Crippen LogP contribution < -0.4 is 11.1 Å². The number of carbonyl (C=O) groups is 1. The molecule has 0 saturated carbocycles. The molecule has 5 heteroatoms. The number of halogens is 1. The maximum atomic E-state index is 13.9. The Bertz CT molecular complexity index is 641. The molecule has 0 saturated heterocycles. The van der Waals surface area contributed by atoms with E-state index in [4.69, 9.17) is 5.73 Å². The summed E-state index contributed by atoms with van der Waals surface area (Å²) in [5.74, 6) is -0.398. The Morgan fingerprint density at radius 1 is 1.24 bits per heavy atom. The lowest BCUT2D eigenvalue weighted by molar-refractivity contribution is -0.114. The summed E-state index contributed by atoms with van der Waals surface area (Å²) < 4.78 is 13.9. The summed E-state index contributed by atoms with van der Waals surface area (Å²) in [5.41, 5.74) is 7.10. The summed E-state index contributed by atoms with van der Waals surface area (Å²) in [6.07, 6.45) is 0. The van der Waals surface area contributed by atoms with Gasteiger partial charge in [-0.05, 0) is 43.3 Å². The monoisotopic (exact) mass is 304 g/mol. The van der Waals surface area contributed by atoms with Gasteiger partial charge in [0, 0.05) is 34.0 Å². The van der Waals surface area contributed by atoms with Gasteiger partial charge in [0.1, 0.15) is 5.82 Å². The fraction of sp³-hybridized carbons (Fsp3) is 0.188.